The van der Waals surface area contributed by atoms with Gasteiger partial charge in [0.2, 0.25) is 0 Å². The SMILES string of the molecule is CSCCCNC(=O)N1CC[C@@H](C)[C@H](C)C1. The minimum absolute atomic E-state index is 0.125. The molecule has 2 atom stereocenters. The number of rotatable bonds is 4. The number of nitrogens with one attached hydrogen (secondary N) is 1. The maximum absolute atomic E-state index is 11.8. The number of urea groups is 1. The van der Waals surface area contributed by atoms with Gasteiger partial charge in [0.05, 0.1) is 0 Å². The molecule has 94 valence electrons. The number of likely N-dealkylation sites (tertiary alicyclic amines) is 1. The Morgan fingerprint density at radius 3 is 2.81 bits per heavy atom. The Hall–Kier alpha value is -0.380. The quantitative estimate of drug-likeness (QED) is 0.770. The molecule has 0 saturated carbocycles. The third kappa shape index (κ3) is 4.24. The van der Waals surface area contributed by atoms with E-state index in [0.29, 0.717) is 5.92 Å². The van der Waals surface area contributed by atoms with Gasteiger partial charge in [0.1, 0.15) is 0 Å². The highest BCUT2D eigenvalue weighted by Gasteiger charge is 2.25. The second kappa shape index (κ2) is 7.05. The van der Waals surface area contributed by atoms with Crippen molar-refractivity contribution in [2.75, 3.05) is 31.6 Å². The summed E-state index contributed by atoms with van der Waals surface area (Å²) in [6.45, 7) is 7.14. The van der Waals surface area contributed by atoms with Crippen LogP contribution in [0.4, 0.5) is 4.79 Å². The van der Waals surface area contributed by atoms with Crippen LogP contribution in [-0.2, 0) is 0 Å². The van der Waals surface area contributed by atoms with E-state index in [9.17, 15) is 4.79 Å². The third-order valence-electron chi connectivity index (χ3n) is 3.42. The van der Waals surface area contributed by atoms with E-state index in [-0.39, 0.29) is 6.03 Å². The minimum Gasteiger partial charge on any atom is -0.338 e. The van der Waals surface area contributed by atoms with Gasteiger partial charge in [0, 0.05) is 19.6 Å². The van der Waals surface area contributed by atoms with Gasteiger partial charge < -0.3 is 10.2 Å². The first-order chi connectivity index (χ1) is 7.65. The minimum atomic E-state index is 0.125. The predicted octanol–water partition coefficient (Wildman–Crippen LogP) is 2.43. The van der Waals surface area contributed by atoms with Gasteiger partial charge in [-0.05, 0) is 36.7 Å². The molecule has 1 saturated heterocycles. The van der Waals surface area contributed by atoms with Gasteiger partial charge in [0.15, 0.2) is 0 Å². The molecule has 0 aliphatic carbocycles. The molecule has 0 aromatic heterocycles. The number of nitrogens with zero attached hydrogens (tertiary/aromatic N) is 1. The van der Waals surface area contributed by atoms with Crippen LogP contribution in [0.15, 0.2) is 0 Å². The second-order valence-electron chi connectivity index (χ2n) is 4.77. The van der Waals surface area contributed by atoms with Crippen LogP contribution in [0.25, 0.3) is 0 Å². The number of hydrogen-bond donors (Lipinski definition) is 1. The molecular weight excluding hydrogens is 220 g/mol. The van der Waals surface area contributed by atoms with Crippen molar-refractivity contribution < 1.29 is 4.79 Å². The van der Waals surface area contributed by atoms with E-state index >= 15 is 0 Å². The van der Waals surface area contributed by atoms with Crippen molar-refractivity contribution in [3.63, 3.8) is 0 Å². The number of carbonyl (C=O) groups is 1. The molecule has 1 aliphatic heterocycles. The Kier molecular flexibility index (Phi) is 6.03. The topological polar surface area (TPSA) is 32.3 Å². The van der Waals surface area contributed by atoms with Crippen molar-refractivity contribution in [3.8, 4) is 0 Å². The molecule has 0 radical (unpaired) electrons. The summed E-state index contributed by atoms with van der Waals surface area (Å²) >= 11 is 1.82. The van der Waals surface area contributed by atoms with Crippen LogP contribution in [-0.4, -0.2) is 42.6 Å². The van der Waals surface area contributed by atoms with Gasteiger partial charge in [-0.15, -0.1) is 0 Å². The standard InChI is InChI=1S/C12H24N2OS/c1-10-5-7-14(9-11(10)2)12(15)13-6-4-8-16-3/h10-11H,4-9H2,1-3H3,(H,13,15)/t10-,11-/m1/s1. The molecule has 0 bridgehead atoms. The summed E-state index contributed by atoms with van der Waals surface area (Å²) in [5, 5.41) is 3.00. The first kappa shape index (κ1) is 13.7. The highest BCUT2D eigenvalue weighted by Crippen LogP contribution is 2.22. The maximum atomic E-state index is 11.8. The van der Waals surface area contributed by atoms with Crippen LogP contribution in [0.5, 0.6) is 0 Å². The van der Waals surface area contributed by atoms with E-state index in [2.05, 4.69) is 25.4 Å². The average molecular weight is 244 g/mol. The zero-order valence-corrected chi connectivity index (χ0v) is 11.5. The molecule has 4 heteroatoms. The maximum Gasteiger partial charge on any atom is 0.317 e. The number of piperidine rings is 1. The fraction of sp³-hybridized carbons (Fsp3) is 0.917. The third-order valence-corrected chi connectivity index (χ3v) is 4.12. The summed E-state index contributed by atoms with van der Waals surface area (Å²) in [5.74, 6) is 2.50. The molecule has 1 rings (SSSR count). The molecule has 0 unspecified atom stereocenters. The number of carbonyl (C=O) groups excluding carboxylic acids is 1. The fourth-order valence-electron chi connectivity index (χ4n) is 1.97. The number of amides is 2. The Balaban J connectivity index is 2.21. The molecule has 16 heavy (non-hydrogen) atoms. The molecular formula is C12H24N2OS. The van der Waals surface area contributed by atoms with Crippen molar-refractivity contribution >= 4 is 17.8 Å². The van der Waals surface area contributed by atoms with E-state index in [1.54, 1.807) is 0 Å². The highest BCUT2D eigenvalue weighted by atomic mass is 32.2. The molecule has 1 N–H and O–H groups in total. The Bertz CT molecular complexity index is 223. The van der Waals surface area contributed by atoms with Crippen LogP contribution in [0, 0.1) is 11.8 Å². The molecule has 3 nitrogen and oxygen atoms in total. The normalized spacial score (nSPS) is 25.6. The van der Waals surface area contributed by atoms with Crippen LogP contribution in [0.2, 0.25) is 0 Å². The largest absolute Gasteiger partial charge is 0.338 e. The first-order valence-electron chi connectivity index (χ1n) is 6.17. The summed E-state index contributed by atoms with van der Waals surface area (Å²) in [4.78, 5) is 13.8. The second-order valence-corrected chi connectivity index (χ2v) is 5.75. The molecule has 1 aliphatic rings. The van der Waals surface area contributed by atoms with Crippen LogP contribution < -0.4 is 5.32 Å². The Morgan fingerprint density at radius 2 is 2.19 bits per heavy atom. The van der Waals surface area contributed by atoms with Gasteiger partial charge >= 0.3 is 6.03 Å². The lowest BCUT2D eigenvalue weighted by molar-refractivity contribution is 0.144. The van der Waals surface area contributed by atoms with E-state index < -0.39 is 0 Å². The van der Waals surface area contributed by atoms with Gasteiger partial charge in [0.25, 0.3) is 0 Å². The summed E-state index contributed by atoms with van der Waals surface area (Å²) in [5.41, 5.74) is 0. The van der Waals surface area contributed by atoms with Gasteiger partial charge in [-0.25, -0.2) is 4.79 Å². The predicted molar refractivity (Wildman–Crippen MR) is 70.9 cm³/mol. The smallest absolute Gasteiger partial charge is 0.317 e. The number of hydrogen-bond acceptors (Lipinski definition) is 2. The summed E-state index contributed by atoms with van der Waals surface area (Å²) < 4.78 is 0. The summed E-state index contributed by atoms with van der Waals surface area (Å²) in [6, 6.07) is 0.125. The number of thioether (sulfide) groups is 1. The van der Waals surface area contributed by atoms with Crippen LogP contribution in [0.3, 0.4) is 0 Å². The van der Waals surface area contributed by atoms with Crippen LogP contribution in [0.1, 0.15) is 26.7 Å². The average Bonchev–Trinajstić information content (AvgIpc) is 2.28. The van der Waals surface area contributed by atoms with Crippen LogP contribution >= 0.6 is 11.8 Å². The van der Waals surface area contributed by atoms with Gasteiger partial charge in [-0.2, -0.15) is 11.8 Å². The molecule has 0 spiro atoms. The van der Waals surface area contributed by atoms with E-state index in [1.807, 2.05) is 16.7 Å². The monoisotopic (exact) mass is 244 g/mol. The van der Waals surface area contributed by atoms with E-state index in [4.69, 9.17) is 0 Å². The summed E-state index contributed by atoms with van der Waals surface area (Å²) in [6.07, 6.45) is 4.29. The lowest BCUT2D eigenvalue weighted by Gasteiger charge is -2.35. The Morgan fingerprint density at radius 1 is 1.44 bits per heavy atom. The van der Waals surface area contributed by atoms with E-state index in [0.717, 1.165) is 44.1 Å². The lowest BCUT2D eigenvalue weighted by atomic mass is 9.89. The van der Waals surface area contributed by atoms with Gasteiger partial charge in [-0.3, -0.25) is 0 Å². The summed E-state index contributed by atoms with van der Waals surface area (Å²) in [7, 11) is 0. The van der Waals surface area contributed by atoms with Crippen molar-refractivity contribution in [1.82, 2.24) is 10.2 Å². The zero-order chi connectivity index (χ0) is 12.0. The van der Waals surface area contributed by atoms with E-state index in [1.165, 1.54) is 0 Å². The van der Waals surface area contributed by atoms with Crippen molar-refractivity contribution in [1.29, 1.82) is 0 Å². The van der Waals surface area contributed by atoms with Crippen molar-refractivity contribution in [3.05, 3.63) is 0 Å². The molecule has 2 amide bonds. The molecule has 0 aromatic carbocycles. The fourth-order valence-corrected chi connectivity index (χ4v) is 2.40. The first-order valence-corrected chi connectivity index (χ1v) is 7.56. The molecule has 1 fully saturated rings. The van der Waals surface area contributed by atoms with Crippen molar-refractivity contribution in [2.24, 2.45) is 11.8 Å². The molecule has 0 aromatic rings. The molecule has 1 heterocycles. The van der Waals surface area contributed by atoms with Gasteiger partial charge in [-0.1, -0.05) is 13.8 Å². The highest BCUT2D eigenvalue weighted by molar-refractivity contribution is 7.98. The van der Waals surface area contributed by atoms with Crippen molar-refractivity contribution in [2.45, 2.75) is 26.7 Å². The zero-order valence-electron chi connectivity index (χ0n) is 10.7. The Labute approximate surface area is 103 Å². The lowest BCUT2D eigenvalue weighted by Crippen LogP contribution is -2.47.